The SMILES string of the molecule is CC1Cn2c(=O)[nH]c3ccc(N(C)C)c(c32)CN1CC1CC1. The Morgan fingerprint density at radius 1 is 1.32 bits per heavy atom. The third kappa shape index (κ3) is 2.15. The lowest BCUT2D eigenvalue weighted by atomic mass is 10.1. The van der Waals surface area contributed by atoms with E-state index in [4.69, 9.17) is 0 Å². The monoisotopic (exact) mass is 300 g/mol. The Hall–Kier alpha value is -1.75. The number of aromatic amines is 1. The number of nitrogens with one attached hydrogen (secondary N) is 1. The zero-order valence-corrected chi connectivity index (χ0v) is 13.6. The van der Waals surface area contributed by atoms with Gasteiger partial charge in [0.25, 0.3) is 0 Å². The van der Waals surface area contributed by atoms with Gasteiger partial charge in [-0.3, -0.25) is 9.47 Å². The number of aromatic nitrogens is 2. The summed E-state index contributed by atoms with van der Waals surface area (Å²) in [6.45, 7) is 5.11. The summed E-state index contributed by atoms with van der Waals surface area (Å²) in [5, 5.41) is 0. The van der Waals surface area contributed by atoms with Crippen molar-refractivity contribution >= 4 is 16.7 Å². The molecule has 1 fully saturated rings. The van der Waals surface area contributed by atoms with Gasteiger partial charge >= 0.3 is 5.69 Å². The van der Waals surface area contributed by atoms with Crippen LogP contribution >= 0.6 is 0 Å². The van der Waals surface area contributed by atoms with Gasteiger partial charge in [-0.1, -0.05) is 0 Å². The van der Waals surface area contributed by atoms with E-state index in [9.17, 15) is 4.79 Å². The average molecular weight is 300 g/mol. The molecule has 1 aromatic carbocycles. The minimum atomic E-state index is 0.0206. The summed E-state index contributed by atoms with van der Waals surface area (Å²) in [5.74, 6) is 0.861. The van der Waals surface area contributed by atoms with Crippen LogP contribution in [0.25, 0.3) is 11.0 Å². The maximum absolute atomic E-state index is 12.4. The molecule has 5 heteroatoms. The number of rotatable bonds is 3. The summed E-state index contributed by atoms with van der Waals surface area (Å²) >= 11 is 0. The first-order valence-electron chi connectivity index (χ1n) is 8.20. The molecule has 0 amide bonds. The Kier molecular flexibility index (Phi) is 3.08. The van der Waals surface area contributed by atoms with E-state index in [1.165, 1.54) is 24.1 Å². The van der Waals surface area contributed by atoms with E-state index in [-0.39, 0.29) is 5.69 Å². The summed E-state index contributed by atoms with van der Waals surface area (Å²) in [6.07, 6.45) is 2.72. The molecule has 0 spiro atoms. The number of nitrogens with zero attached hydrogens (tertiary/aromatic N) is 3. The van der Waals surface area contributed by atoms with Crippen LogP contribution in [0.15, 0.2) is 16.9 Å². The Morgan fingerprint density at radius 2 is 2.09 bits per heavy atom. The van der Waals surface area contributed by atoms with Crippen LogP contribution < -0.4 is 10.6 Å². The lowest BCUT2D eigenvalue weighted by molar-refractivity contribution is 0.181. The highest BCUT2D eigenvalue weighted by Gasteiger charge is 2.31. The molecule has 0 saturated heterocycles. The maximum Gasteiger partial charge on any atom is 0.326 e. The number of imidazole rings is 1. The lowest BCUT2D eigenvalue weighted by Crippen LogP contribution is -2.37. The molecular weight excluding hydrogens is 276 g/mol. The lowest BCUT2D eigenvalue weighted by Gasteiger charge is -2.28. The first-order valence-corrected chi connectivity index (χ1v) is 8.20. The number of anilines is 1. The van der Waals surface area contributed by atoms with Crippen molar-refractivity contribution in [2.75, 3.05) is 25.5 Å². The van der Waals surface area contributed by atoms with Gasteiger partial charge < -0.3 is 9.88 Å². The summed E-state index contributed by atoms with van der Waals surface area (Å²) in [6, 6.07) is 4.55. The van der Waals surface area contributed by atoms with E-state index in [0.717, 1.165) is 36.6 Å². The maximum atomic E-state index is 12.4. The number of benzene rings is 1. The second kappa shape index (κ2) is 4.88. The molecule has 1 saturated carbocycles. The first kappa shape index (κ1) is 13.9. The van der Waals surface area contributed by atoms with Gasteiger partial charge in [0.2, 0.25) is 0 Å². The van der Waals surface area contributed by atoms with E-state index in [1.54, 1.807) is 0 Å². The van der Waals surface area contributed by atoms with Crippen molar-refractivity contribution in [3.8, 4) is 0 Å². The zero-order valence-electron chi connectivity index (χ0n) is 13.6. The zero-order chi connectivity index (χ0) is 15.4. The van der Waals surface area contributed by atoms with Crippen LogP contribution in [0.5, 0.6) is 0 Å². The van der Waals surface area contributed by atoms with Crippen molar-refractivity contribution in [2.45, 2.75) is 38.9 Å². The van der Waals surface area contributed by atoms with E-state index in [1.807, 2.05) is 10.6 Å². The van der Waals surface area contributed by atoms with E-state index in [2.05, 4.69) is 41.9 Å². The van der Waals surface area contributed by atoms with Gasteiger partial charge in [0.15, 0.2) is 0 Å². The fourth-order valence-electron chi connectivity index (χ4n) is 3.68. The predicted octanol–water partition coefficient (Wildman–Crippen LogP) is 2.01. The molecular formula is C17H24N4O. The molecule has 118 valence electrons. The Balaban J connectivity index is 1.88. The molecule has 1 aromatic heterocycles. The second-order valence-electron chi connectivity index (χ2n) is 7.12. The van der Waals surface area contributed by atoms with Crippen LogP contribution in [-0.4, -0.2) is 41.1 Å². The van der Waals surface area contributed by atoms with Crippen LogP contribution in [0.1, 0.15) is 25.3 Å². The fourth-order valence-corrected chi connectivity index (χ4v) is 3.68. The normalized spacial score (nSPS) is 22.0. The molecule has 1 aliphatic carbocycles. The summed E-state index contributed by atoms with van der Waals surface area (Å²) in [4.78, 5) is 20.1. The molecule has 2 heterocycles. The molecule has 22 heavy (non-hydrogen) atoms. The third-order valence-corrected chi connectivity index (χ3v) is 5.12. The smallest absolute Gasteiger partial charge is 0.326 e. The van der Waals surface area contributed by atoms with Crippen LogP contribution in [0.3, 0.4) is 0 Å². The van der Waals surface area contributed by atoms with Crippen LogP contribution in [0.4, 0.5) is 5.69 Å². The number of hydrogen-bond donors (Lipinski definition) is 1. The molecule has 1 aliphatic heterocycles. The topological polar surface area (TPSA) is 44.3 Å². The van der Waals surface area contributed by atoms with E-state index in [0.29, 0.717) is 6.04 Å². The Bertz CT molecular complexity index is 769. The van der Waals surface area contributed by atoms with Crippen molar-refractivity contribution in [1.82, 2.24) is 14.5 Å². The second-order valence-corrected chi connectivity index (χ2v) is 7.12. The molecule has 5 nitrogen and oxygen atoms in total. The fraction of sp³-hybridized carbons (Fsp3) is 0.588. The molecule has 1 unspecified atom stereocenters. The third-order valence-electron chi connectivity index (χ3n) is 5.12. The summed E-state index contributed by atoms with van der Waals surface area (Å²) in [5.41, 5.74) is 4.58. The summed E-state index contributed by atoms with van der Waals surface area (Å²) < 4.78 is 1.94. The molecule has 2 aliphatic rings. The van der Waals surface area contributed by atoms with Gasteiger partial charge in [0.05, 0.1) is 11.0 Å². The largest absolute Gasteiger partial charge is 0.377 e. The summed E-state index contributed by atoms with van der Waals surface area (Å²) in [7, 11) is 4.15. The quantitative estimate of drug-likeness (QED) is 0.943. The van der Waals surface area contributed by atoms with Gasteiger partial charge in [-0.05, 0) is 37.8 Å². The highest BCUT2D eigenvalue weighted by molar-refractivity contribution is 5.85. The Morgan fingerprint density at radius 3 is 2.77 bits per heavy atom. The van der Waals surface area contributed by atoms with Crippen molar-refractivity contribution < 1.29 is 0 Å². The van der Waals surface area contributed by atoms with Crippen LogP contribution in [-0.2, 0) is 13.1 Å². The molecule has 1 atom stereocenters. The Labute approximate surface area is 130 Å². The van der Waals surface area contributed by atoms with Gasteiger partial charge in [0.1, 0.15) is 0 Å². The molecule has 2 aromatic rings. The molecule has 0 bridgehead atoms. The van der Waals surface area contributed by atoms with Gasteiger partial charge in [-0.2, -0.15) is 0 Å². The van der Waals surface area contributed by atoms with Crippen molar-refractivity contribution in [1.29, 1.82) is 0 Å². The number of hydrogen-bond acceptors (Lipinski definition) is 3. The van der Waals surface area contributed by atoms with Crippen molar-refractivity contribution in [2.24, 2.45) is 5.92 Å². The minimum Gasteiger partial charge on any atom is -0.377 e. The van der Waals surface area contributed by atoms with Crippen LogP contribution in [0, 0.1) is 5.92 Å². The molecule has 0 radical (unpaired) electrons. The minimum absolute atomic E-state index is 0.0206. The molecule has 1 N–H and O–H groups in total. The van der Waals surface area contributed by atoms with Crippen LogP contribution in [0.2, 0.25) is 0 Å². The van der Waals surface area contributed by atoms with Gasteiger partial charge in [-0.15, -0.1) is 0 Å². The van der Waals surface area contributed by atoms with E-state index < -0.39 is 0 Å². The van der Waals surface area contributed by atoms with Gasteiger partial charge in [0, 0.05) is 51.0 Å². The predicted molar refractivity (Wildman–Crippen MR) is 89.5 cm³/mol. The molecule has 4 rings (SSSR count). The number of H-pyrrole nitrogens is 1. The van der Waals surface area contributed by atoms with Gasteiger partial charge in [-0.25, -0.2) is 4.79 Å². The average Bonchev–Trinajstić information content (AvgIpc) is 3.23. The van der Waals surface area contributed by atoms with E-state index >= 15 is 0 Å². The highest BCUT2D eigenvalue weighted by atomic mass is 16.1. The standard InChI is InChI=1S/C17H24N4O/c1-11-8-21-16-13(10-20(11)9-12-4-5-12)15(19(2)3)7-6-14(16)18-17(21)22/h6-7,11-12H,4-5,8-10H2,1-3H3,(H,18,22). The highest BCUT2D eigenvalue weighted by Crippen LogP contribution is 2.35. The van der Waals surface area contributed by atoms with Crippen molar-refractivity contribution in [3.63, 3.8) is 0 Å². The first-order chi connectivity index (χ1) is 10.5. The van der Waals surface area contributed by atoms with Crippen molar-refractivity contribution in [3.05, 3.63) is 28.2 Å².